The molecule has 0 radical (unpaired) electrons. The Balaban J connectivity index is 1.14. The van der Waals surface area contributed by atoms with Crippen LogP contribution in [0.15, 0.2) is 22.0 Å². The molecule has 0 aromatic carbocycles. The first-order valence-corrected chi connectivity index (χ1v) is 10.5. The molecular weight excluding hydrogens is 348 g/mol. The zero-order valence-corrected chi connectivity index (χ0v) is 15.7. The molecule has 1 saturated heterocycles. The maximum absolute atomic E-state index is 12.9. The number of piperazine rings is 1. The first kappa shape index (κ1) is 16.4. The van der Waals surface area contributed by atoms with Crippen molar-refractivity contribution in [3.63, 3.8) is 0 Å². The average Bonchev–Trinajstić information content (AvgIpc) is 3.45. The Kier molecular flexibility index (Phi) is 4.29. The van der Waals surface area contributed by atoms with Crippen LogP contribution in [0.1, 0.15) is 31.6 Å². The van der Waals surface area contributed by atoms with Crippen molar-refractivity contribution in [1.29, 1.82) is 0 Å². The van der Waals surface area contributed by atoms with Crippen molar-refractivity contribution in [2.24, 2.45) is 17.8 Å². The second-order valence-electron chi connectivity index (χ2n) is 7.87. The van der Waals surface area contributed by atoms with E-state index in [1.165, 1.54) is 19.3 Å². The van der Waals surface area contributed by atoms with Crippen molar-refractivity contribution in [2.75, 3.05) is 26.2 Å². The van der Waals surface area contributed by atoms with Crippen molar-refractivity contribution in [1.82, 2.24) is 19.9 Å². The summed E-state index contributed by atoms with van der Waals surface area (Å²) in [4.78, 5) is 22.8. The number of hydrogen-bond donors (Lipinski definition) is 0. The van der Waals surface area contributed by atoms with E-state index < -0.39 is 0 Å². The Hall–Kier alpha value is -1.73. The van der Waals surface area contributed by atoms with E-state index >= 15 is 0 Å². The molecule has 3 heterocycles. The van der Waals surface area contributed by atoms with Gasteiger partial charge in [0.25, 0.3) is 0 Å². The molecule has 1 aliphatic heterocycles. The summed E-state index contributed by atoms with van der Waals surface area (Å²) < 4.78 is 5.40. The number of carbonyl (C=O) groups excluding carboxylic acids is 1. The molecule has 6 nitrogen and oxygen atoms in total. The highest BCUT2D eigenvalue weighted by atomic mass is 32.1. The fourth-order valence-electron chi connectivity index (χ4n) is 4.92. The van der Waals surface area contributed by atoms with Gasteiger partial charge in [-0.05, 0) is 42.5 Å². The molecule has 2 saturated carbocycles. The molecule has 138 valence electrons. The lowest BCUT2D eigenvalue weighted by molar-refractivity contribution is -0.139. The number of carbonyl (C=O) groups is 1. The predicted octanol–water partition coefficient (Wildman–Crippen LogP) is 2.88. The third-order valence-corrected chi connectivity index (χ3v) is 7.17. The summed E-state index contributed by atoms with van der Waals surface area (Å²) in [5.41, 5.74) is 0. The number of aromatic nitrogens is 2. The van der Waals surface area contributed by atoms with E-state index in [2.05, 4.69) is 19.9 Å². The van der Waals surface area contributed by atoms with Gasteiger partial charge in [0.15, 0.2) is 0 Å². The fraction of sp³-hybridized carbons (Fsp3) is 0.632. The van der Waals surface area contributed by atoms with Gasteiger partial charge in [-0.25, -0.2) is 0 Å². The number of thiophene rings is 1. The van der Waals surface area contributed by atoms with Gasteiger partial charge < -0.3 is 9.42 Å². The summed E-state index contributed by atoms with van der Waals surface area (Å²) in [6.45, 7) is 4.05. The van der Waals surface area contributed by atoms with E-state index in [0.717, 1.165) is 43.4 Å². The van der Waals surface area contributed by atoms with Crippen molar-refractivity contribution >= 4 is 17.2 Å². The summed E-state index contributed by atoms with van der Waals surface area (Å²) in [6.07, 6.45) is 5.04. The SMILES string of the molecule is O=C(C1CC2CCC1C2)N1CCN(Cc2nc(-c3cccs3)no2)CC1. The van der Waals surface area contributed by atoms with Gasteiger partial charge in [-0.1, -0.05) is 17.6 Å². The molecule has 2 aromatic heterocycles. The molecule has 0 N–H and O–H groups in total. The quantitative estimate of drug-likeness (QED) is 0.826. The highest BCUT2D eigenvalue weighted by molar-refractivity contribution is 7.13. The Morgan fingerprint density at radius 2 is 2.12 bits per heavy atom. The van der Waals surface area contributed by atoms with E-state index in [0.29, 0.717) is 36.0 Å². The Labute approximate surface area is 157 Å². The molecule has 2 aliphatic carbocycles. The molecule has 0 spiro atoms. The molecule has 3 atom stereocenters. The van der Waals surface area contributed by atoms with E-state index in [-0.39, 0.29) is 0 Å². The summed E-state index contributed by atoms with van der Waals surface area (Å²) in [5, 5.41) is 6.09. The Bertz CT molecular complexity index is 766. The lowest BCUT2D eigenvalue weighted by Crippen LogP contribution is -2.50. The fourth-order valence-corrected chi connectivity index (χ4v) is 5.57. The third kappa shape index (κ3) is 3.07. The van der Waals surface area contributed by atoms with Crippen LogP contribution in [0.25, 0.3) is 10.7 Å². The van der Waals surface area contributed by atoms with Crippen LogP contribution in [0.5, 0.6) is 0 Å². The summed E-state index contributed by atoms with van der Waals surface area (Å²) in [7, 11) is 0. The molecular formula is C19H24N4O2S. The number of rotatable bonds is 4. The van der Waals surface area contributed by atoms with E-state index in [1.54, 1.807) is 11.3 Å². The molecule has 5 rings (SSSR count). The van der Waals surface area contributed by atoms with Gasteiger partial charge >= 0.3 is 0 Å². The van der Waals surface area contributed by atoms with Crippen LogP contribution in [0.4, 0.5) is 0 Å². The summed E-state index contributed by atoms with van der Waals surface area (Å²) >= 11 is 1.61. The van der Waals surface area contributed by atoms with Gasteiger partial charge in [0.05, 0.1) is 11.4 Å². The largest absolute Gasteiger partial charge is 0.340 e. The standard InChI is InChI=1S/C19H24N4O2S/c24-19(15-11-13-3-4-14(15)10-13)23-7-5-22(6-8-23)12-17-20-18(21-25-17)16-2-1-9-26-16/h1-2,9,13-15H,3-8,10-12H2. The molecule has 2 aromatic rings. The highest BCUT2D eigenvalue weighted by Crippen LogP contribution is 2.48. The highest BCUT2D eigenvalue weighted by Gasteiger charge is 2.44. The van der Waals surface area contributed by atoms with Crippen LogP contribution >= 0.6 is 11.3 Å². The van der Waals surface area contributed by atoms with Crippen LogP contribution in [-0.2, 0) is 11.3 Å². The smallest absolute Gasteiger partial charge is 0.241 e. The van der Waals surface area contributed by atoms with E-state index in [1.807, 2.05) is 17.5 Å². The average molecular weight is 372 g/mol. The minimum absolute atomic E-state index is 0.310. The Morgan fingerprint density at radius 1 is 1.23 bits per heavy atom. The van der Waals surface area contributed by atoms with E-state index in [4.69, 9.17) is 4.52 Å². The maximum Gasteiger partial charge on any atom is 0.241 e. The first-order chi connectivity index (χ1) is 12.8. The molecule has 3 fully saturated rings. The summed E-state index contributed by atoms with van der Waals surface area (Å²) in [6, 6.07) is 3.99. The zero-order chi connectivity index (χ0) is 17.5. The van der Waals surface area contributed by atoms with Crippen molar-refractivity contribution in [3.05, 3.63) is 23.4 Å². The normalized spacial score (nSPS) is 28.8. The van der Waals surface area contributed by atoms with Crippen LogP contribution in [0.2, 0.25) is 0 Å². The molecule has 1 amide bonds. The zero-order valence-electron chi connectivity index (χ0n) is 14.8. The topological polar surface area (TPSA) is 62.5 Å². The number of amides is 1. The van der Waals surface area contributed by atoms with Gasteiger partial charge in [0.1, 0.15) is 0 Å². The third-order valence-electron chi connectivity index (χ3n) is 6.31. The second-order valence-corrected chi connectivity index (χ2v) is 8.82. The number of nitrogens with zero attached hydrogens (tertiary/aromatic N) is 4. The lowest BCUT2D eigenvalue weighted by Gasteiger charge is -2.36. The predicted molar refractivity (Wildman–Crippen MR) is 98.4 cm³/mol. The lowest BCUT2D eigenvalue weighted by atomic mass is 9.87. The van der Waals surface area contributed by atoms with Gasteiger partial charge in [-0.15, -0.1) is 11.3 Å². The minimum Gasteiger partial charge on any atom is -0.340 e. The van der Waals surface area contributed by atoms with Crippen LogP contribution in [0, 0.1) is 17.8 Å². The molecule has 7 heteroatoms. The van der Waals surface area contributed by atoms with Gasteiger partial charge in [-0.2, -0.15) is 4.98 Å². The van der Waals surface area contributed by atoms with Gasteiger partial charge in [-0.3, -0.25) is 9.69 Å². The van der Waals surface area contributed by atoms with Crippen molar-refractivity contribution in [3.8, 4) is 10.7 Å². The van der Waals surface area contributed by atoms with Gasteiger partial charge in [0.2, 0.25) is 17.6 Å². The number of hydrogen-bond acceptors (Lipinski definition) is 6. The van der Waals surface area contributed by atoms with Crippen LogP contribution in [0.3, 0.4) is 0 Å². The summed E-state index contributed by atoms with van der Waals surface area (Å²) in [5.74, 6) is 3.53. The molecule has 3 unspecified atom stereocenters. The molecule has 26 heavy (non-hydrogen) atoms. The van der Waals surface area contributed by atoms with Crippen LogP contribution < -0.4 is 0 Å². The first-order valence-electron chi connectivity index (χ1n) is 9.64. The number of fused-ring (bicyclic) bond motifs is 2. The Morgan fingerprint density at radius 3 is 2.81 bits per heavy atom. The monoisotopic (exact) mass is 372 g/mol. The van der Waals surface area contributed by atoms with Crippen molar-refractivity contribution < 1.29 is 9.32 Å². The van der Waals surface area contributed by atoms with Crippen molar-refractivity contribution in [2.45, 2.75) is 32.2 Å². The second kappa shape index (κ2) is 6.78. The van der Waals surface area contributed by atoms with Crippen LogP contribution in [-0.4, -0.2) is 52.0 Å². The van der Waals surface area contributed by atoms with E-state index in [9.17, 15) is 4.79 Å². The molecule has 2 bridgehead atoms. The minimum atomic E-state index is 0.310. The van der Waals surface area contributed by atoms with Gasteiger partial charge in [0, 0.05) is 32.1 Å². The maximum atomic E-state index is 12.9. The molecule has 3 aliphatic rings.